The van der Waals surface area contributed by atoms with E-state index < -0.39 is 0 Å². The number of rotatable bonds is 4. The highest BCUT2D eigenvalue weighted by atomic mass is 32.1. The van der Waals surface area contributed by atoms with Crippen LogP contribution in [0, 0.1) is 11.8 Å². The van der Waals surface area contributed by atoms with Crippen molar-refractivity contribution in [3.05, 3.63) is 52.5 Å². The molecule has 0 bridgehead atoms. The zero-order valence-corrected chi connectivity index (χ0v) is 13.7. The molecule has 1 saturated heterocycles. The second-order valence-electron chi connectivity index (χ2n) is 6.49. The summed E-state index contributed by atoms with van der Waals surface area (Å²) in [5, 5.41) is 0. The molecule has 120 valence electrons. The molecule has 2 aliphatic rings. The number of hydrogen-bond donors (Lipinski definition) is 0. The van der Waals surface area contributed by atoms with E-state index in [1.54, 1.807) is 11.7 Å². The summed E-state index contributed by atoms with van der Waals surface area (Å²) in [5.74, 6) is 1.32. The van der Waals surface area contributed by atoms with Gasteiger partial charge in [-0.3, -0.25) is 9.78 Å². The fourth-order valence-corrected chi connectivity index (χ4v) is 4.40. The Hall–Kier alpha value is -1.72. The fraction of sp³-hybridized carbons (Fsp3) is 0.444. The largest absolute Gasteiger partial charge is 0.374 e. The highest BCUT2D eigenvalue weighted by molar-refractivity contribution is 7.11. The summed E-state index contributed by atoms with van der Waals surface area (Å²) >= 11 is 1.43. The molecule has 1 aliphatic carbocycles. The summed E-state index contributed by atoms with van der Waals surface area (Å²) in [6.45, 7) is 2.42. The van der Waals surface area contributed by atoms with Crippen LogP contribution in [-0.4, -0.2) is 35.0 Å². The van der Waals surface area contributed by atoms with Gasteiger partial charge in [-0.2, -0.15) is 0 Å². The van der Waals surface area contributed by atoms with E-state index in [9.17, 15) is 4.79 Å². The molecule has 2 heterocycles. The second-order valence-corrected chi connectivity index (χ2v) is 7.37. The maximum Gasteiger partial charge on any atom is 0.265 e. The number of thiazole rings is 1. The lowest BCUT2D eigenvalue weighted by Crippen LogP contribution is -2.30. The molecule has 1 unspecified atom stereocenters. The number of carbonyl (C=O) groups excluding carboxylic acids is 1. The number of nitrogens with zero attached hydrogens (tertiary/aromatic N) is 2. The van der Waals surface area contributed by atoms with E-state index >= 15 is 0 Å². The van der Waals surface area contributed by atoms with Crippen LogP contribution in [0.1, 0.15) is 28.1 Å². The van der Waals surface area contributed by atoms with Crippen LogP contribution in [0.3, 0.4) is 0 Å². The van der Waals surface area contributed by atoms with Gasteiger partial charge in [0, 0.05) is 13.1 Å². The molecule has 5 heteroatoms. The summed E-state index contributed by atoms with van der Waals surface area (Å²) in [6, 6.07) is 10.3. The molecular formula is C18H20N2O2S. The molecule has 2 aromatic rings. The van der Waals surface area contributed by atoms with Crippen LogP contribution in [0.4, 0.5) is 0 Å². The lowest BCUT2D eigenvalue weighted by Gasteiger charge is -2.19. The first-order chi connectivity index (χ1) is 11.3. The molecule has 0 N–H and O–H groups in total. The van der Waals surface area contributed by atoms with E-state index in [1.807, 2.05) is 23.1 Å². The third-order valence-electron chi connectivity index (χ3n) is 4.97. The van der Waals surface area contributed by atoms with Crippen molar-refractivity contribution < 1.29 is 9.53 Å². The first-order valence-corrected chi connectivity index (χ1v) is 9.01. The number of likely N-dealkylation sites (tertiary alicyclic amines) is 1. The van der Waals surface area contributed by atoms with Gasteiger partial charge >= 0.3 is 0 Å². The molecule has 0 spiro atoms. The van der Waals surface area contributed by atoms with Crippen molar-refractivity contribution in [2.24, 2.45) is 11.8 Å². The molecule has 1 aliphatic heterocycles. The van der Waals surface area contributed by atoms with Gasteiger partial charge in [0.25, 0.3) is 5.91 Å². The Balaban J connectivity index is 1.29. The second kappa shape index (κ2) is 6.42. The summed E-state index contributed by atoms with van der Waals surface area (Å²) < 4.78 is 6.08. The Morgan fingerprint density at radius 1 is 1.22 bits per heavy atom. The van der Waals surface area contributed by atoms with Gasteiger partial charge in [0.2, 0.25) is 0 Å². The van der Waals surface area contributed by atoms with E-state index in [4.69, 9.17) is 4.74 Å². The average molecular weight is 328 g/mol. The van der Waals surface area contributed by atoms with Crippen molar-refractivity contribution in [1.82, 2.24) is 9.88 Å². The first kappa shape index (κ1) is 14.8. The number of benzene rings is 1. The van der Waals surface area contributed by atoms with Crippen molar-refractivity contribution in [3.63, 3.8) is 0 Å². The molecule has 1 aromatic carbocycles. The molecule has 1 saturated carbocycles. The van der Waals surface area contributed by atoms with Crippen LogP contribution < -0.4 is 0 Å². The van der Waals surface area contributed by atoms with E-state index in [2.05, 4.69) is 17.1 Å². The number of amides is 1. The van der Waals surface area contributed by atoms with Crippen LogP contribution in [0.25, 0.3) is 0 Å². The quantitative estimate of drug-likeness (QED) is 0.865. The summed E-state index contributed by atoms with van der Waals surface area (Å²) in [7, 11) is 0. The molecule has 4 rings (SSSR count). The molecule has 4 nitrogen and oxygen atoms in total. The van der Waals surface area contributed by atoms with E-state index in [0.717, 1.165) is 30.8 Å². The standard InChI is InChI=1S/C18H20N2O2S/c21-18(17-8-19-12-23-17)20-9-14-6-16(7-15(14)10-20)22-11-13-4-2-1-3-5-13/h1-5,8,12,14-16H,6-7,9-11H2/t14-,15+,16?. The predicted molar refractivity (Wildman–Crippen MR) is 89.3 cm³/mol. The van der Waals surface area contributed by atoms with Crippen molar-refractivity contribution in [1.29, 1.82) is 0 Å². The zero-order valence-electron chi connectivity index (χ0n) is 12.9. The normalized spacial score (nSPS) is 26.4. The van der Waals surface area contributed by atoms with E-state index in [0.29, 0.717) is 24.5 Å². The molecule has 0 radical (unpaired) electrons. The van der Waals surface area contributed by atoms with Gasteiger partial charge in [-0.15, -0.1) is 11.3 Å². The average Bonchev–Trinajstić information content (AvgIpc) is 3.29. The van der Waals surface area contributed by atoms with Gasteiger partial charge < -0.3 is 9.64 Å². The lowest BCUT2D eigenvalue weighted by molar-refractivity contribution is 0.0368. The van der Waals surface area contributed by atoms with Gasteiger partial charge in [0.05, 0.1) is 24.4 Å². The maximum atomic E-state index is 12.4. The van der Waals surface area contributed by atoms with Crippen LogP contribution in [0.2, 0.25) is 0 Å². The van der Waals surface area contributed by atoms with Gasteiger partial charge in [0.1, 0.15) is 4.88 Å². The maximum absolute atomic E-state index is 12.4. The Kier molecular flexibility index (Phi) is 4.14. The van der Waals surface area contributed by atoms with E-state index in [1.165, 1.54) is 16.9 Å². The number of aromatic nitrogens is 1. The van der Waals surface area contributed by atoms with Crippen LogP contribution in [0.15, 0.2) is 42.0 Å². The summed E-state index contributed by atoms with van der Waals surface area (Å²) in [5.41, 5.74) is 2.95. The Labute approximate surface area is 140 Å². The number of hydrogen-bond acceptors (Lipinski definition) is 4. The fourth-order valence-electron chi connectivity index (χ4n) is 3.81. The van der Waals surface area contributed by atoms with Crippen LogP contribution in [-0.2, 0) is 11.3 Å². The minimum atomic E-state index is 0.142. The minimum Gasteiger partial charge on any atom is -0.374 e. The van der Waals surface area contributed by atoms with Gasteiger partial charge in [-0.1, -0.05) is 30.3 Å². The number of fused-ring (bicyclic) bond motifs is 1. The molecular weight excluding hydrogens is 308 g/mol. The predicted octanol–water partition coefficient (Wildman–Crippen LogP) is 3.21. The minimum absolute atomic E-state index is 0.142. The number of carbonyl (C=O) groups is 1. The van der Waals surface area contributed by atoms with Gasteiger partial charge in [0.15, 0.2) is 0 Å². The molecule has 1 aromatic heterocycles. The van der Waals surface area contributed by atoms with Crippen LogP contribution in [0.5, 0.6) is 0 Å². The summed E-state index contributed by atoms with van der Waals surface area (Å²) in [6.07, 6.45) is 4.16. The molecule has 2 fully saturated rings. The van der Waals surface area contributed by atoms with Gasteiger partial charge in [-0.05, 0) is 30.2 Å². The Morgan fingerprint density at radius 2 is 1.96 bits per heavy atom. The number of ether oxygens (including phenoxy) is 1. The molecule has 1 amide bonds. The topological polar surface area (TPSA) is 42.4 Å². The summed E-state index contributed by atoms with van der Waals surface area (Å²) in [4.78, 5) is 19.1. The Morgan fingerprint density at radius 3 is 2.61 bits per heavy atom. The SMILES string of the molecule is O=C(c1cncs1)N1C[C@H]2CC(OCc3ccccc3)C[C@H]2C1. The van der Waals surface area contributed by atoms with Crippen molar-refractivity contribution >= 4 is 17.2 Å². The third-order valence-corrected chi connectivity index (χ3v) is 5.73. The zero-order chi connectivity index (χ0) is 15.6. The Bertz CT molecular complexity index is 645. The highest BCUT2D eigenvalue weighted by Crippen LogP contribution is 2.40. The lowest BCUT2D eigenvalue weighted by atomic mass is 10.0. The highest BCUT2D eigenvalue weighted by Gasteiger charge is 2.43. The first-order valence-electron chi connectivity index (χ1n) is 8.13. The van der Waals surface area contributed by atoms with Crippen molar-refractivity contribution in [2.45, 2.75) is 25.6 Å². The van der Waals surface area contributed by atoms with Gasteiger partial charge in [-0.25, -0.2) is 0 Å². The monoisotopic (exact) mass is 328 g/mol. The smallest absolute Gasteiger partial charge is 0.265 e. The molecule has 3 atom stereocenters. The van der Waals surface area contributed by atoms with E-state index in [-0.39, 0.29) is 5.91 Å². The van der Waals surface area contributed by atoms with Crippen molar-refractivity contribution in [3.8, 4) is 0 Å². The molecule has 23 heavy (non-hydrogen) atoms. The van der Waals surface area contributed by atoms with Crippen molar-refractivity contribution in [2.75, 3.05) is 13.1 Å². The van der Waals surface area contributed by atoms with Crippen LogP contribution >= 0.6 is 11.3 Å². The third kappa shape index (κ3) is 3.16.